The summed E-state index contributed by atoms with van der Waals surface area (Å²) in [4.78, 5) is 11.1. The minimum absolute atomic E-state index is 0. The van der Waals surface area contributed by atoms with Gasteiger partial charge in [-0.15, -0.1) is 0 Å². The van der Waals surface area contributed by atoms with Crippen LogP contribution in [0.4, 0.5) is 0 Å². The van der Waals surface area contributed by atoms with Crippen molar-refractivity contribution in [2.45, 2.75) is 76.4 Å². The fourth-order valence-corrected chi connectivity index (χ4v) is 7.44. The summed E-state index contributed by atoms with van der Waals surface area (Å²) in [6.07, 6.45) is 7.26. The van der Waals surface area contributed by atoms with E-state index in [-0.39, 0.29) is 7.40 Å². The molecule has 4 unspecified atom stereocenters. The highest BCUT2D eigenvalue weighted by Gasteiger charge is 2.42. The van der Waals surface area contributed by atoms with Crippen molar-refractivity contribution in [3.8, 4) is 0 Å². The molecular weight excluding hydrogens is 544 g/mol. The number of carbonyl (C=O) groups excluding carboxylic acids is 1. The van der Waals surface area contributed by atoms with Crippen molar-refractivity contribution in [3.63, 3.8) is 0 Å². The molecule has 0 bridgehead atoms. The maximum Gasteiger partial charge on any atom is 0.500 e. The highest BCUT2D eigenvalue weighted by molar-refractivity contribution is 6.60. The summed E-state index contributed by atoms with van der Waals surface area (Å²) in [5, 5.41) is 0. The van der Waals surface area contributed by atoms with Gasteiger partial charge in [0.15, 0.2) is 0 Å². The maximum absolute atomic E-state index is 11.1. The molecule has 0 radical (unpaired) electrons. The number of ether oxygens (including phenoxy) is 4. The van der Waals surface area contributed by atoms with Gasteiger partial charge in [-0.25, -0.2) is 4.79 Å². The Morgan fingerprint density at radius 1 is 0.872 bits per heavy atom. The van der Waals surface area contributed by atoms with Crippen LogP contribution in [0.2, 0.25) is 12.1 Å². The molecule has 0 aromatic heterocycles. The predicted molar refractivity (Wildman–Crippen MR) is 153 cm³/mol. The lowest BCUT2D eigenvalue weighted by Gasteiger charge is -2.24. The third kappa shape index (κ3) is 14.7. The standard InChI is InChI=1S/C10H20O5Si.C9H20O5Si.C7H12O.H2/c1-9(2)10(11)15-7-6-8-16(12-3,13-4)14-5;1-10-15(11-2,12-3)6-4-5-13-7-9-8-14-9;1-5-2-3-6-7(4-5)8-6;/h1,6-8H2,2-5H3;9H,4-8H2,1-3H3;5-7H,2-4H2,1H3;1H. The minimum Gasteiger partial charge on any atom is -0.462 e. The normalized spacial score (nSPS) is 23.4. The largest absolute Gasteiger partial charge is 0.500 e. The second-order valence-electron chi connectivity index (χ2n) is 9.88. The second-order valence-corrected chi connectivity index (χ2v) is 16.1. The number of hydrogen-bond acceptors (Lipinski definition) is 11. The molecule has 3 rings (SSSR count). The van der Waals surface area contributed by atoms with E-state index in [1.54, 1.807) is 49.6 Å². The van der Waals surface area contributed by atoms with Crippen LogP contribution in [-0.2, 0) is 50.3 Å². The Kier molecular flexibility index (Phi) is 18.1. The van der Waals surface area contributed by atoms with Gasteiger partial charge in [0.1, 0.15) is 6.10 Å². The Hall–Kier alpha value is -0.716. The third-order valence-corrected chi connectivity index (χ3v) is 12.5. The molecule has 0 amide bonds. The molecular formula is C26H54O11Si2. The number of rotatable bonds is 17. The number of esters is 1. The van der Waals surface area contributed by atoms with Gasteiger partial charge in [0.05, 0.1) is 32.0 Å². The van der Waals surface area contributed by atoms with Crippen molar-refractivity contribution in [3.05, 3.63) is 12.2 Å². The molecule has 11 nitrogen and oxygen atoms in total. The van der Waals surface area contributed by atoms with E-state index in [4.69, 9.17) is 45.5 Å². The van der Waals surface area contributed by atoms with Crippen LogP contribution in [0.5, 0.6) is 0 Å². The molecule has 2 saturated heterocycles. The zero-order chi connectivity index (χ0) is 29.3. The van der Waals surface area contributed by atoms with Crippen LogP contribution in [0.1, 0.15) is 47.4 Å². The van der Waals surface area contributed by atoms with E-state index >= 15 is 0 Å². The lowest BCUT2D eigenvalue weighted by molar-refractivity contribution is -0.139. The molecule has 232 valence electrons. The van der Waals surface area contributed by atoms with Gasteiger partial charge in [-0.3, -0.25) is 0 Å². The highest BCUT2D eigenvalue weighted by atomic mass is 28.4. The van der Waals surface area contributed by atoms with Crippen LogP contribution in [0.3, 0.4) is 0 Å². The number of fused-ring (bicyclic) bond motifs is 1. The molecule has 0 N–H and O–H groups in total. The summed E-state index contributed by atoms with van der Waals surface area (Å²) >= 11 is 0. The molecule has 13 heteroatoms. The first kappa shape index (κ1) is 36.3. The molecule has 3 aliphatic rings. The first-order valence-corrected chi connectivity index (χ1v) is 17.5. The fourth-order valence-electron chi connectivity index (χ4n) is 4.06. The van der Waals surface area contributed by atoms with E-state index in [1.807, 2.05) is 0 Å². The Morgan fingerprint density at radius 3 is 1.79 bits per heavy atom. The van der Waals surface area contributed by atoms with Crippen LogP contribution in [0.15, 0.2) is 12.2 Å². The van der Waals surface area contributed by atoms with Gasteiger partial charge >= 0.3 is 23.6 Å². The summed E-state index contributed by atoms with van der Waals surface area (Å²) in [7, 11) is 4.61. The Balaban J connectivity index is 0.000000587. The molecule has 4 atom stereocenters. The Morgan fingerprint density at radius 2 is 1.38 bits per heavy atom. The van der Waals surface area contributed by atoms with E-state index in [0.717, 1.165) is 25.0 Å². The van der Waals surface area contributed by atoms with E-state index in [1.165, 1.54) is 19.3 Å². The lowest BCUT2D eigenvalue weighted by atomic mass is 9.91. The average Bonchev–Trinajstić information content (AvgIpc) is 3.88. The van der Waals surface area contributed by atoms with Gasteiger partial charge in [0, 0.05) is 68.4 Å². The molecule has 0 aromatic carbocycles. The molecule has 2 aliphatic heterocycles. The van der Waals surface area contributed by atoms with Crippen molar-refractivity contribution < 1.29 is 51.7 Å². The molecule has 0 aromatic rings. The van der Waals surface area contributed by atoms with Crippen molar-refractivity contribution in [1.82, 2.24) is 0 Å². The summed E-state index contributed by atoms with van der Waals surface area (Å²) in [6.45, 7) is 9.97. The van der Waals surface area contributed by atoms with Crippen molar-refractivity contribution >= 4 is 23.6 Å². The smallest absolute Gasteiger partial charge is 0.462 e. The lowest BCUT2D eigenvalue weighted by Crippen LogP contribution is -2.42. The fraction of sp³-hybridized carbons (Fsp3) is 0.885. The predicted octanol–water partition coefficient (Wildman–Crippen LogP) is 3.86. The number of epoxide rings is 2. The van der Waals surface area contributed by atoms with Gasteiger partial charge in [0.2, 0.25) is 0 Å². The summed E-state index contributed by atoms with van der Waals surface area (Å²) in [5.74, 6) is 0.554. The van der Waals surface area contributed by atoms with E-state index < -0.39 is 17.6 Å². The molecule has 39 heavy (non-hydrogen) atoms. The second kappa shape index (κ2) is 19.4. The topological polar surface area (TPSA) is 116 Å². The quantitative estimate of drug-likeness (QED) is 0.0799. The van der Waals surface area contributed by atoms with Gasteiger partial charge in [-0.05, 0) is 44.9 Å². The number of carbonyl (C=O) groups is 1. The summed E-state index contributed by atoms with van der Waals surface area (Å²) < 4.78 is 52.3. The van der Waals surface area contributed by atoms with Crippen molar-refractivity contribution in [2.24, 2.45) is 5.92 Å². The van der Waals surface area contributed by atoms with Crippen LogP contribution in [0.25, 0.3) is 0 Å². The van der Waals surface area contributed by atoms with E-state index in [2.05, 4.69) is 13.5 Å². The molecule has 2 heterocycles. The molecule has 1 aliphatic carbocycles. The molecule has 0 spiro atoms. The van der Waals surface area contributed by atoms with Crippen LogP contribution in [-0.4, -0.2) is 111 Å². The van der Waals surface area contributed by atoms with Gasteiger partial charge in [0.25, 0.3) is 0 Å². The number of hydrogen-bond donors (Lipinski definition) is 0. The van der Waals surface area contributed by atoms with E-state index in [0.29, 0.717) is 56.2 Å². The SMILES string of the molecule is C=C(C)C(=O)OCCC[Si](OC)(OC)OC.CC1CCC2OC2C1.CO[Si](CCCOCC1CO1)(OC)OC.[HH]. The van der Waals surface area contributed by atoms with Crippen LogP contribution < -0.4 is 0 Å². The van der Waals surface area contributed by atoms with Crippen molar-refractivity contribution in [2.75, 3.05) is 69.1 Å². The monoisotopic (exact) mass is 598 g/mol. The highest BCUT2D eigenvalue weighted by Crippen LogP contribution is 2.38. The molecule has 3 fully saturated rings. The van der Waals surface area contributed by atoms with Crippen molar-refractivity contribution in [1.29, 1.82) is 0 Å². The first-order chi connectivity index (χ1) is 18.6. The van der Waals surface area contributed by atoms with Crippen LogP contribution in [0, 0.1) is 5.92 Å². The van der Waals surface area contributed by atoms with Gasteiger partial charge in [-0.1, -0.05) is 13.5 Å². The van der Waals surface area contributed by atoms with Gasteiger partial charge in [-0.2, -0.15) is 0 Å². The molecule has 1 saturated carbocycles. The third-order valence-electron chi connectivity index (χ3n) is 6.82. The Labute approximate surface area is 238 Å². The zero-order valence-electron chi connectivity index (χ0n) is 25.3. The average molecular weight is 599 g/mol. The van der Waals surface area contributed by atoms with Gasteiger partial charge < -0.3 is 45.5 Å². The van der Waals surface area contributed by atoms with E-state index in [9.17, 15) is 4.79 Å². The Bertz CT molecular complexity index is 675. The maximum atomic E-state index is 11.1. The first-order valence-electron chi connectivity index (χ1n) is 13.6. The zero-order valence-corrected chi connectivity index (χ0v) is 27.3. The summed E-state index contributed by atoms with van der Waals surface area (Å²) in [5.41, 5.74) is 0.397. The minimum atomic E-state index is -2.53. The summed E-state index contributed by atoms with van der Waals surface area (Å²) in [6, 6.07) is 1.39. The van der Waals surface area contributed by atoms with Crippen LogP contribution >= 0.6 is 0 Å².